The number of ether oxygens (including phenoxy) is 1. The van der Waals surface area contributed by atoms with E-state index in [2.05, 4.69) is 15.1 Å². The maximum absolute atomic E-state index is 13.6. The second-order valence-corrected chi connectivity index (χ2v) is 9.13. The summed E-state index contributed by atoms with van der Waals surface area (Å²) < 4.78 is 18.9. The molecule has 0 radical (unpaired) electrons. The van der Waals surface area contributed by atoms with Crippen molar-refractivity contribution < 1.29 is 18.8 Å². The Balaban J connectivity index is 1.42. The first kappa shape index (κ1) is 23.6. The third-order valence-electron chi connectivity index (χ3n) is 7.04. The first-order valence-electron chi connectivity index (χ1n) is 11.9. The average Bonchev–Trinajstić information content (AvgIpc) is 2.90. The van der Waals surface area contributed by atoms with Crippen LogP contribution >= 0.6 is 0 Å². The maximum Gasteiger partial charge on any atom is 0.269 e. The zero-order valence-corrected chi connectivity index (χ0v) is 19.9. The van der Waals surface area contributed by atoms with Crippen molar-refractivity contribution in [2.45, 2.75) is 19.0 Å². The molecule has 1 amide bonds. The van der Waals surface area contributed by atoms with E-state index in [0.717, 1.165) is 29.2 Å². The van der Waals surface area contributed by atoms with Crippen molar-refractivity contribution in [3.63, 3.8) is 0 Å². The SMILES string of the molecule is COc1ccc(N2CCN3c4ccc([N+](=O)[O-])cc4C[C@@H](C(=O)NCc4cccc(F)c4)[C@H]3C2)cc1. The van der Waals surface area contributed by atoms with Gasteiger partial charge in [-0.1, -0.05) is 12.1 Å². The van der Waals surface area contributed by atoms with Crippen molar-refractivity contribution in [1.29, 1.82) is 0 Å². The maximum atomic E-state index is 13.6. The summed E-state index contributed by atoms with van der Waals surface area (Å²) in [6.45, 7) is 2.26. The van der Waals surface area contributed by atoms with E-state index >= 15 is 0 Å². The number of non-ortho nitro benzene ring substituents is 1. The Morgan fingerprint density at radius 3 is 2.67 bits per heavy atom. The van der Waals surface area contributed by atoms with Crippen LogP contribution < -0.4 is 19.9 Å². The first-order valence-corrected chi connectivity index (χ1v) is 11.9. The molecule has 8 nitrogen and oxygen atoms in total. The predicted molar refractivity (Wildman–Crippen MR) is 135 cm³/mol. The van der Waals surface area contributed by atoms with Gasteiger partial charge in [0.25, 0.3) is 5.69 Å². The molecular weight excluding hydrogens is 463 g/mol. The Hall–Kier alpha value is -4.14. The van der Waals surface area contributed by atoms with Crippen LogP contribution in [0.1, 0.15) is 11.1 Å². The highest BCUT2D eigenvalue weighted by Gasteiger charge is 2.42. The van der Waals surface area contributed by atoms with E-state index in [-0.39, 0.29) is 30.0 Å². The van der Waals surface area contributed by atoms with E-state index in [9.17, 15) is 19.3 Å². The van der Waals surface area contributed by atoms with E-state index in [0.29, 0.717) is 25.1 Å². The topological polar surface area (TPSA) is 87.9 Å². The third-order valence-corrected chi connectivity index (χ3v) is 7.04. The number of nitrogens with one attached hydrogen (secondary N) is 1. The van der Waals surface area contributed by atoms with Gasteiger partial charge >= 0.3 is 0 Å². The summed E-state index contributed by atoms with van der Waals surface area (Å²) in [5, 5.41) is 14.3. The van der Waals surface area contributed by atoms with E-state index in [4.69, 9.17) is 4.74 Å². The summed E-state index contributed by atoms with van der Waals surface area (Å²) in [6, 6.07) is 18.8. The number of nitro benzene ring substituents is 1. The molecule has 0 bridgehead atoms. The van der Waals surface area contributed by atoms with Crippen molar-refractivity contribution in [3.05, 3.63) is 93.8 Å². The molecule has 1 fully saturated rings. The number of hydrogen-bond donors (Lipinski definition) is 1. The summed E-state index contributed by atoms with van der Waals surface area (Å²) >= 11 is 0. The number of nitro groups is 1. The highest BCUT2D eigenvalue weighted by Crippen LogP contribution is 2.38. The minimum Gasteiger partial charge on any atom is -0.497 e. The van der Waals surface area contributed by atoms with Gasteiger partial charge in [-0.05, 0) is 60.0 Å². The molecule has 2 atom stereocenters. The lowest BCUT2D eigenvalue weighted by atomic mass is 9.83. The minimum absolute atomic E-state index is 0.0167. The Morgan fingerprint density at radius 2 is 1.94 bits per heavy atom. The number of carbonyl (C=O) groups is 1. The van der Waals surface area contributed by atoms with Gasteiger partial charge in [0, 0.05) is 49.7 Å². The van der Waals surface area contributed by atoms with Crippen LogP contribution in [0.2, 0.25) is 0 Å². The number of carbonyl (C=O) groups excluding carboxylic acids is 1. The highest BCUT2D eigenvalue weighted by atomic mass is 19.1. The highest BCUT2D eigenvalue weighted by molar-refractivity contribution is 5.82. The Morgan fingerprint density at radius 1 is 1.14 bits per heavy atom. The van der Waals surface area contributed by atoms with Gasteiger partial charge in [0.05, 0.1) is 24.0 Å². The van der Waals surface area contributed by atoms with Crippen molar-refractivity contribution in [2.24, 2.45) is 5.92 Å². The number of amides is 1. The molecule has 3 aromatic carbocycles. The molecule has 2 aliphatic heterocycles. The molecule has 1 N–H and O–H groups in total. The number of anilines is 2. The number of halogens is 1. The number of rotatable bonds is 6. The summed E-state index contributed by atoms with van der Waals surface area (Å²) in [5.74, 6) is -0.147. The third kappa shape index (κ3) is 4.68. The molecule has 186 valence electrons. The Labute approximate surface area is 208 Å². The number of nitrogens with zero attached hydrogens (tertiary/aromatic N) is 3. The molecule has 1 saturated heterocycles. The van der Waals surface area contributed by atoms with Crippen molar-refractivity contribution in [2.75, 3.05) is 36.5 Å². The summed E-state index contributed by atoms with van der Waals surface area (Å²) in [4.78, 5) is 28.9. The molecule has 5 rings (SSSR count). The van der Waals surface area contributed by atoms with Crippen molar-refractivity contribution >= 4 is 23.0 Å². The molecule has 0 unspecified atom stereocenters. The van der Waals surface area contributed by atoms with E-state index in [1.165, 1.54) is 18.2 Å². The van der Waals surface area contributed by atoms with Crippen molar-refractivity contribution in [1.82, 2.24) is 5.32 Å². The molecule has 3 aromatic rings. The smallest absolute Gasteiger partial charge is 0.269 e. The molecule has 2 heterocycles. The second-order valence-electron chi connectivity index (χ2n) is 9.13. The van der Waals surface area contributed by atoms with Crippen LogP contribution in [0.25, 0.3) is 0 Å². The van der Waals surface area contributed by atoms with Gasteiger partial charge in [-0.2, -0.15) is 0 Å². The molecule has 0 aliphatic carbocycles. The van der Waals surface area contributed by atoms with Gasteiger partial charge in [0.15, 0.2) is 0 Å². The fraction of sp³-hybridized carbons (Fsp3) is 0.296. The fourth-order valence-electron chi connectivity index (χ4n) is 5.22. The lowest BCUT2D eigenvalue weighted by Crippen LogP contribution is -2.61. The van der Waals surface area contributed by atoms with Gasteiger partial charge in [0.2, 0.25) is 5.91 Å². The van der Waals surface area contributed by atoms with Gasteiger partial charge in [-0.25, -0.2) is 4.39 Å². The van der Waals surface area contributed by atoms with Crippen LogP contribution in [0.4, 0.5) is 21.5 Å². The van der Waals surface area contributed by atoms with Gasteiger partial charge in [-0.15, -0.1) is 0 Å². The zero-order chi connectivity index (χ0) is 25.2. The minimum atomic E-state index is -0.422. The number of benzene rings is 3. The molecular formula is C27H27FN4O4. The van der Waals surface area contributed by atoms with E-state index < -0.39 is 10.8 Å². The number of piperazine rings is 1. The lowest BCUT2D eigenvalue weighted by Gasteiger charge is -2.49. The van der Waals surface area contributed by atoms with Crippen LogP contribution in [-0.2, 0) is 17.8 Å². The summed E-state index contributed by atoms with van der Waals surface area (Å²) in [6.07, 6.45) is 0.392. The number of fused-ring (bicyclic) bond motifs is 3. The van der Waals surface area contributed by atoms with E-state index in [1.807, 2.05) is 24.3 Å². The molecule has 0 saturated carbocycles. The largest absolute Gasteiger partial charge is 0.497 e. The van der Waals surface area contributed by atoms with Gasteiger partial charge in [-0.3, -0.25) is 14.9 Å². The van der Waals surface area contributed by atoms with Crippen LogP contribution in [0.3, 0.4) is 0 Å². The molecule has 9 heteroatoms. The van der Waals surface area contributed by atoms with E-state index in [1.54, 1.807) is 31.4 Å². The van der Waals surface area contributed by atoms with Crippen LogP contribution in [0, 0.1) is 21.8 Å². The fourth-order valence-corrected chi connectivity index (χ4v) is 5.22. The normalized spacial score (nSPS) is 18.7. The zero-order valence-electron chi connectivity index (χ0n) is 19.9. The quantitative estimate of drug-likeness (QED) is 0.416. The van der Waals surface area contributed by atoms with Crippen LogP contribution in [0.15, 0.2) is 66.7 Å². The number of hydrogen-bond acceptors (Lipinski definition) is 6. The average molecular weight is 491 g/mol. The molecule has 36 heavy (non-hydrogen) atoms. The van der Waals surface area contributed by atoms with Crippen molar-refractivity contribution in [3.8, 4) is 5.75 Å². The van der Waals surface area contributed by atoms with Gasteiger partial charge in [0.1, 0.15) is 11.6 Å². The summed E-state index contributed by atoms with van der Waals surface area (Å²) in [7, 11) is 1.63. The van der Waals surface area contributed by atoms with Crippen LogP contribution in [0.5, 0.6) is 5.75 Å². The lowest BCUT2D eigenvalue weighted by molar-refractivity contribution is -0.384. The standard InChI is InChI=1S/C27H27FN4O4/c1-36-23-8-5-21(6-9-23)30-11-12-31-25-10-7-22(32(34)35)14-19(25)15-24(26(31)17-30)27(33)29-16-18-3-2-4-20(28)13-18/h2-10,13-14,24,26H,11-12,15-17H2,1H3,(H,29,33)/t24-,26-/m1/s1. The Bertz CT molecular complexity index is 1280. The first-order chi connectivity index (χ1) is 17.4. The molecule has 0 aromatic heterocycles. The van der Waals surface area contributed by atoms with Gasteiger partial charge < -0.3 is 19.9 Å². The monoisotopic (exact) mass is 490 g/mol. The molecule has 2 aliphatic rings. The van der Waals surface area contributed by atoms with Crippen LogP contribution in [-0.4, -0.2) is 43.6 Å². The second kappa shape index (κ2) is 9.85. The predicted octanol–water partition coefficient (Wildman–Crippen LogP) is 3.93. The number of methoxy groups -OCH3 is 1. The Kier molecular flexibility index (Phi) is 6.45. The summed E-state index contributed by atoms with van der Waals surface area (Å²) in [5.41, 5.74) is 3.47. The molecule has 0 spiro atoms.